The molecule has 0 bridgehead atoms. The number of benzene rings is 10. The van der Waals surface area contributed by atoms with E-state index in [9.17, 15) is 0 Å². The molecule has 0 aliphatic heterocycles. The highest BCUT2D eigenvalue weighted by molar-refractivity contribution is 7.20. The van der Waals surface area contributed by atoms with Crippen molar-refractivity contribution in [2.45, 2.75) is 0 Å². The van der Waals surface area contributed by atoms with Gasteiger partial charge in [-0.25, -0.2) is 0 Å². The first-order valence-corrected chi connectivity index (χ1v) is 25.8. The summed E-state index contributed by atoms with van der Waals surface area (Å²) in [6.45, 7) is 0. The summed E-state index contributed by atoms with van der Waals surface area (Å²) in [6.07, 6.45) is 0. The van der Waals surface area contributed by atoms with Crippen LogP contribution in [0.3, 0.4) is 0 Å². The Morgan fingerprint density at radius 1 is 0.257 bits per heavy atom. The Bertz CT molecular complexity index is 4030. The molecule has 0 spiro atoms. The van der Waals surface area contributed by atoms with E-state index in [1.54, 1.807) is 0 Å². The average molecular weight is 911 g/mol. The summed E-state index contributed by atoms with van der Waals surface area (Å²) in [6, 6.07) is 92.2. The lowest BCUT2D eigenvalue weighted by atomic mass is 10.1. The van der Waals surface area contributed by atoms with Crippen LogP contribution in [0.15, 0.2) is 255 Å². The number of para-hydroxylation sites is 6. The van der Waals surface area contributed by atoms with Gasteiger partial charge in [-0.2, -0.15) is 15.0 Å². The summed E-state index contributed by atoms with van der Waals surface area (Å²) in [5.41, 5.74) is 8.54. The summed E-state index contributed by atoms with van der Waals surface area (Å²) >= 11 is 0. The highest BCUT2D eigenvalue weighted by atomic mass is 28.3. The zero-order valence-corrected chi connectivity index (χ0v) is 38.9. The minimum atomic E-state index is -3.11. The summed E-state index contributed by atoms with van der Waals surface area (Å²) < 4.78 is 6.80. The average Bonchev–Trinajstić information content (AvgIpc) is 4.08. The van der Waals surface area contributed by atoms with Crippen molar-refractivity contribution in [2.24, 2.45) is 0 Å². The van der Waals surface area contributed by atoms with Gasteiger partial charge in [-0.1, -0.05) is 206 Å². The Morgan fingerprint density at radius 2 is 0.629 bits per heavy atom. The van der Waals surface area contributed by atoms with Gasteiger partial charge < -0.3 is 4.57 Å². The molecule has 14 aromatic rings. The van der Waals surface area contributed by atoms with Gasteiger partial charge in [-0.15, -0.1) is 0 Å². The van der Waals surface area contributed by atoms with Crippen molar-refractivity contribution in [3.63, 3.8) is 0 Å². The van der Waals surface area contributed by atoms with Gasteiger partial charge >= 0.3 is 0 Å². The third-order valence-corrected chi connectivity index (χ3v) is 19.0. The van der Waals surface area contributed by atoms with E-state index in [0.29, 0.717) is 17.7 Å². The lowest BCUT2D eigenvalue weighted by Gasteiger charge is -2.34. The first kappa shape index (κ1) is 39.9. The predicted molar refractivity (Wildman–Crippen MR) is 292 cm³/mol. The molecule has 0 radical (unpaired) electrons. The van der Waals surface area contributed by atoms with Gasteiger partial charge in [0.1, 0.15) is 0 Å². The molecule has 0 N–H and O–H groups in total. The van der Waals surface area contributed by atoms with Crippen molar-refractivity contribution in [2.75, 3.05) is 0 Å². The maximum atomic E-state index is 5.50. The molecule has 10 aromatic carbocycles. The van der Waals surface area contributed by atoms with Crippen molar-refractivity contribution in [1.82, 2.24) is 28.7 Å². The fraction of sp³-hybridized carbons (Fsp3) is 0. The smallest absolute Gasteiger partial charge is 0.240 e. The second kappa shape index (κ2) is 16.0. The SMILES string of the molecule is c1ccc(-n2c3ccccc3c3cc([Si](c4ccccc4)(c4ccccc4)c4cccc(-c5nc(-n6c7ccccc7c7ccccc76)nc(-n6c7ccccc7c7ccccc76)n5)c4)ccc32)cc1. The molecule has 4 heterocycles. The van der Waals surface area contributed by atoms with Gasteiger partial charge in [0.05, 0.1) is 33.1 Å². The highest BCUT2D eigenvalue weighted by Gasteiger charge is 2.42. The monoisotopic (exact) mass is 910 g/mol. The van der Waals surface area contributed by atoms with Crippen LogP contribution in [0, 0.1) is 0 Å². The van der Waals surface area contributed by atoms with Crippen LogP contribution in [0.2, 0.25) is 0 Å². The number of aromatic nitrogens is 6. The van der Waals surface area contributed by atoms with Gasteiger partial charge in [-0.3, -0.25) is 9.13 Å². The topological polar surface area (TPSA) is 53.5 Å². The molecule has 0 fully saturated rings. The molecule has 4 aromatic heterocycles. The van der Waals surface area contributed by atoms with E-state index >= 15 is 0 Å². The van der Waals surface area contributed by atoms with Crippen LogP contribution in [-0.4, -0.2) is 36.7 Å². The van der Waals surface area contributed by atoms with Crippen LogP contribution in [-0.2, 0) is 0 Å². The second-order valence-electron chi connectivity index (χ2n) is 18.0. The molecule has 0 saturated carbocycles. The standard InChI is InChI=1S/C63H42N6Si/c1-4-22-44(23-5-1)67-55-34-15-14-33-53(55)54-42-48(39-40-60(54)67)70(45-24-6-2-7-25-45,46-26-8-3-9-27-46)47-28-20-21-43(41-47)61-64-62(68-56-35-16-10-29-49(56)50-30-11-17-36-57(50)68)66-63(65-61)69-58-37-18-12-31-51(58)52-32-13-19-38-59(52)69/h1-42H. The molecular formula is C63H42N6Si. The third kappa shape index (κ3) is 6.02. The minimum Gasteiger partial charge on any atom is -0.309 e. The fourth-order valence-electron chi connectivity index (χ4n) is 11.3. The Labute approximate surface area is 404 Å². The Morgan fingerprint density at radius 3 is 1.11 bits per heavy atom. The van der Waals surface area contributed by atoms with Gasteiger partial charge in [0.2, 0.25) is 11.9 Å². The Hall–Kier alpha value is -9.17. The molecule has 0 aliphatic carbocycles. The highest BCUT2D eigenvalue weighted by Crippen LogP contribution is 2.35. The summed E-state index contributed by atoms with van der Waals surface area (Å²) in [7, 11) is -3.11. The van der Waals surface area contributed by atoms with Gasteiger partial charge in [0, 0.05) is 43.6 Å². The zero-order valence-electron chi connectivity index (χ0n) is 37.9. The lowest BCUT2D eigenvalue weighted by Crippen LogP contribution is -2.74. The molecular weight excluding hydrogens is 869 g/mol. The summed E-state index contributed by atoms with van der Waals surface area (Å²) in [5, 5.41) is 12.1. The summed E-state index contributed by atoms with van der Waals surface area (Å²) in [4.78, 5) is 16.5. The number of nitrogens with zero attached hydrogens (tertiary/aromatic N) is 6. The van der Waals surface area contributed by atoms with Crippen LogP contribution >= 0.6 is 0 Å². The molecule has 6 nitrogen and oxygen atoms in total. The Balaban J connectivity index is 1.06. The van der Waals surface area contributed by atoms with Gasteiger partial charge in [0.25, 0.3) is 0 Å². The van der Waals surface area contributed by atoms with Crippen LogP contribution in [0.5, 0.6) is 0 Å². The van der Waals surface area contributed by atoms with Crippen molar-refractivity contribution in [3.05, 3.63) is 255 Å². The van der Waals surface area contributed by atoms with Crippen LogP contribution < -0.4 is 20.7 Å². The summed E-state index contributed by atoms with van der Waals surface area (Å²) in [5.74, 6) is 1.70. The maximum absolute atomic E-state index is 5.50. The number of fused-ring (bicyclic) bond motifs is 9. The van der Waals surface area contributed by atoms with E-state index in [2.05, 4.69) is 268 Å². The van der Waals surface area contributed by atoms with Crippen molar-refractivity contribution in [3.8, 4) is 29.0 Å². The quantitative estimate of drug-likeness (QED) is 0.113. The molecule has 0 saturated heterocycles. The van der Waals surface area contributed by atoms with Gasteiger partial charge in [-0.05, 0) is 69.3 Å². The first-order chi connectivity index (χ1) is 34.7. The number of hydrogen-bond acceptors (Lipinski definition) is 3. The molecule has 0 atom stereocenters. The molecule has 0 unspecified atom stereocenters. The number of hydrogen-bond donors (Lipinski definition) is 0. The fourth-order valence-corrected chi connectivity index (χ4v) is 16.1. The molecule has 0 amide bonds. The molecule has 70 heavy (non-hydrogen) atoms. The Kier molecular flexibility index (Phi) is 9.12. The van der Waals surface area contributed by atoms with Crippen molar-refractivity contribution in [1.29, 1.82) is 0 Å². The lowest BCUT2D eigenvalue weighted by molar-refractivity contribution is 0.893. The van der Waals surface area contributed by atoms with Crippen molar-refractivity contribution < 1.29 is 0 Å². The zero-order chi connectivity index (χ0) is 46.2. The van der Waals surface area contributed by atoms with Crippen LogP contribution in [0.4, 0.5) is 0 Å². The maximum Gasteiger partial charge on any atom is 0.240 e. The third-order valence-electron chi connectivity index (χ3n) is 14.3. The second-order valence-corrected chi connectivity index (χ2v) is 21.8. The van der Waals surface area contributed by atoms with Gasteiger partial charge in [0.15, 0.2) is 13.9 Å². The first-order valence-electron chi connectivity index (χ1n) is 23.8. The van der Waals surface area contributed by atoms with E-state index < -0.39 is 8.07 Å². The predicted octanol–water partition coefficient (Wildman–Crippen LogP) is 12.2. The minimum absolute atomic E-state index is 0.555. The number of rotatable bonds is 8. The molecule has 14 rings (SSSR count). The van der Waals surface area contributed by atoms with E-state index in [1.807, 2.05) is 0 Å². The van der Waals surface area contributed by atoms with E-state index in [-0.39, 0.29) is 0 Å². The largest absolute Gasteiger partial charge is 0.309 e. The van der Waals surface area contributed by atoms with Crippen LogP contribution in [0.1, 0.15) is 0 Å². The molecule has 328 valence electrons. The van der Waals surface area contributed by atoms with E-state index in [4.69, 9.17) is 15.0 Å². The van der Waals surface area contributed by atoms with E-state index in [0.717, 1.165) is 54.9 Å². The molecule has 0 aliphatic rings. The van der Waals surface area contributed by atoms with Crippen LogP contribution in [0.25, 0.3) is 94.4 Å². The normalized spacial score (nSPS) is 12.0. The molecule has 7 heteroatoms. The van der Waals surface area contributed by atoms with Crippen molar-refractivity contribution >= 4 is 94.2 Å². The van der Waals surface area contributed by atoms with E-state index in [1.165, 1.54) is 42.6 Å².